The summed E-state index contributed by atoms with van der Waals surface area (Å²) in [4.78, 5) is 17.3. The van der Waals surface area contributed by atoms with E-state index in [0.29, 0.717) is 5.89 Å². The number of nitrogens with zero attached hydrogens (tertiary/aromatic N) is 4. The van der Waals surface area contributed by atoms with Gasteiger partial charge in [0.1, 0.15) is 5.52 Å². The van der Waals surface area contributed by atoms with Crippen LogP contribution in [0.3, 0.4) is 0 Å². The van der Waals surface area contributed by atoms with Crippen molar-refractivity contribution in [1.29, 1.82) is 0 Å². The van der Waals surface area contributed by atoms with Gasteiger partial charge in [-0.15, -0.1) is 0 Å². The van der Waals surface area contributed by atoms with Gasteiger partial charge in [-0.25, -0.2) is 15.0 Å². The standard InChI is InChI=1S/C43H28N4O/c1-2-13-32(14-3-1)47(34-27-23-31(24-28-34)43-46-39-19-8-9-20-40(39)48-43)33-25-21-30(22-26-33)41-42(45-38-18-7-6-17-37(38)44-41)36-16-10-12-29-11-4-5-15-35(29)36/h1-28H. The van der Waals surface area contributed by atoms with Crippen molar-refractivity contribution in [2.24, 2.45) is 0 Å². The number of anilines is 3. The highest BCUT2D eigenvalue weighted by Crippen LogP contribution is 2.39. The Morgan fingerprint density at radius 2 is 0.958 bits per heavy atom. The highest BCUT2D eigenvalue weighted by atomic mass is 16.3. The van der Waals surface area contributed by atoms with E-state index in [2.05, 4.69) is 125 Å². The Balaban J connectivity index is 1.13. The summed E-state index contributed by atoms with van der Waals surface area (Å²) in [6.45, 7) is 0. The maximum Gasteiger partial charge on any atom is 0.227 e. The summed E-state index contributed by atoms with van der Waals surface area (Å²) in [5.74, 6) is 0.608. The van der Waals surface area contributed by atoms with Gasteiger partial charge in [0.05, 0.1) is 22.4 Å². The van der Waals surface area contributed by atoms with E-state index in [-0.39, 0.29) is 0 Å². The molecule has 9 aromatic rings. The van der Waals surface area contributed by atoms with Crippen LogP contribution in [-0.2, 0) is 0 Å². The van der Waals surface area contributed by atoms with Gasteiger partial charge < -0.3 is 9.32 Å². The molecule has 0 saturated carbocycles. The van der Waals surface area contributed by atoms with Crippen molar-refractivity contribution in [3.63, 3.8) is 0 Å². The zero-order valence-corrected chi connectivity index (χ0v) is 25.9. The number of fused-ring (bicyclic) bond motifs is 3. The zero-order valence-electron chi connectivity index (χ0n) is 25.9. The third-order valence-corrected chi connectivity index (χ3v) is 8.69. The van der Waals surface area contributed by atoms with Crippen LogP contribution in [0.5, 0.6) is 0 Å². The Kier molecular flexibility index (Phi) is 6.72. The second kappa shape index (κ2) is 11.6. The van der Waals surface area contributed by atoms with E-state index in [0.717, 1.165) is 72.7 Å². The molecule has 0 bridgehead atoms. The SMILES string of the molecule is c1ccc(N(c2ccc(-c3nc4ccccc4o3)cc2)c2ccc(-c3nc4ccccc4nc3-c3cccc4ccccc34)cc2)cc1. The Morgan fingerprint density at radius 1 is 0.396 bits per heavy atom. The Labute approximate surface area is 277 Å². The molecule has 5 nitrogen and oxygen atoms in total. The summed E-state index contributed by atoms with van der Waals surface area (Å²) in [5.41, 5.74) is 11.2. The molecule has 0 atom stereocenters. The van der Waals surface area contributed by atoms with E-state index >= 15 is 0 Å². The van der Waals surface area contributed by atoms with Crippen LogP contribution >= 0.6 is 0 Å². The summed E-state index contributed by atoms with van der Waals surface area (Å²) in [7, 11) is 0. The molecule has 0 fully saturated rings. The van der Waals surface area contributed by atoms with Gasteiger partial charge in [-0.05, 0) is 83.6 Å². The fourth-order valence-electron chi connectivity index (χ4n) is 6.36. The van der Waals surface area contributed by atoms with Gasteiger partial charge in [-0.1, -0.05) is 97.1 Å². The van der Waals surface area contributed by atoms with E-state index in [1.165, 1.54) is 5.39 Å². The van der Waals surface area contributed by atoms with Gasteiger partial charge in [-0.2, -0.15) is 0 Å². The Morgan fingerprint density at radius 3 is 1.69 bits per heavy atom. The van der Waals surface area contributed by atoms with Gasteiger partial charge in [0.15, 0.2) is 5.58 Å². The van der Waals surface area contributed by atoms with Gasteiger partial charge in [0.25, 0.3) is 0 Å². The fraction of sp³-hybridized carbons (Fsp3) is 0. The third kappa shape index (κ3) is 4.95. The maximum absolute atomic E-state index is 6.04. The van der Waals surface area contributed by atoms with Crippen molar-refractivity contribution in [3.05, 3.63) is 170 Å². The van der Waals surface area contributed by atoms with E-state index in [1.54, 1.807) is 0 Å². The van der Waals surface area contributed by atoms with E-state index < -0.39 is 0 Å². The lowest BCUT2D eigenvalue weighted by Gasteiger charge is -2.25. The van der Waals surface area contributed by atoms with Crippen LogP contribution in [0.2, 0.25) is 0 Å². The van der Waals surface area contributed by atoms with Crippen molar-refractivity contribution in [2.75, 3.05) is 4.90 Å². The summed E-state index contributed by atoms with van der Waals surface area (Å²) in [6, 6.07) is 58.0. The molecule has 2 aromatic heterocycles. The van der Waals surface area contributed by atoms with Crippen LogP contribution in [-0.4, -0.2) is 15.0 Å². The van der Waals surface area contributed by atoms with Gasteiger partial charge >= 0.3 is 0 Å². The quantitative estimate of drug-likeness (QED) is 0.186. The summed E-state index contributed by atoms with van der Waals surface area (Å²) in [6.07, 6.45) is 0. The smallest absolute Gasteiger partial charge is 0.227 e. The molecule has 0 aliphatic heterocycles. The normalized spacial score (nSPS) is 11.3. The van der Waals surface area contributed by atoms with E-state index in [4.69, 9.17) is 14.4 Å². The number of hydrogen-bond acceptors (Lipinski definition) is 5. The number of hydrogen-bond donors (Lipinski definition) is 0. The Bertz CT molecular complexity index is 2520. The van der Waals surface area contributed by atoms with Crippen LogP contribution in [0.1, 0.15) is 0 Å². The summed E-state index contributed by atoms with van der Waals surface area (Å²) >= 11 is 0. The number of rotatable bonds is 6. The van der Waals surface area contributed by atoms with Crippen LogP contribution < -0.4 is 4.90 Å². The molecule has 48 heavy (non-hydrogen) atoms. The molecule has 7 aromatic carbocycles. The first-order chi connectivity index (χ1) is 23.8. The average molecular weight is 617 g/mol. The van der Waals surface area contributed by atoms with Crippen LogP contribution in [0.15, 0.2) is 174 Å². The minimum atomic E-state index is 0.608. The molecule has 9 rings (SSSR count). The molecule has 0 N–H and O–H groups in total. The minimum Gasteiger partial charge on any atom is -0.436 e. The lowest BCUT2D eigenvalue weighted by atomic mass is 9.98. The zero-order chi connectivity index (χ0) is 31.9. The molecule has 0 unspecified atom stereocenters. The topological polar surface area (TPSA) is 55.1 Å². The van der Waals surface area contributed by atoms with Crippen molar-refractivity contribution in [2.45, 2.75) is 0 Å². The van der Waals surface area contributed by atoms with Crippen molar-refractivity contribution in [1.82, 2.24) is 15.0 Å². The van der Waals surface area contributed by atoms with Crippen molar-refractivity contribution < 1.29 is 4.42 Å². The first-order valence-electron chi connectivity index (χ1n) is 16.0. The predicted molar refractivity (Wildman–Crippen MR) is 196 cm³/mol. The molecule has 0 spiro atoms. The highest BCUT2D eigenvalue weighted by Gasteiger charge is 2.18. The minimum absolute atomic E-state index is 0.608. The second-order valence-corrected chi connectivity index (χ2v) is 11.7. The first kappa shape index (κ1) is 27.7. The lowest BCUT2D eigenvalue weighted by molar-refractivity contribution is 0.620. The number of para-hydroxylation sites is 5. The molecular formula is C43H28N4O. The lowest BCUT2D eigenvalue weighted by Crippen LogP contribution is -2.09. The first-order valence-corrected chi connectivity index (χ1v) is 16.0. The molecule has 0 aliphatic carbocycles. The molecule has 226 valence electrons. The largest absolute Gasteiger partial charge is 0.436 e. The summed E-state index contributed by atoms with van der Waals surface area (Å²) in [5, 5.41) is 2.32. The number of aromatic nitrogens is 3. The molecule has 0 radical (unpaired) electrons. The molecular weight excluding hydrogens is 589 g/mol. The Hall–Kier alpha value is -6.59. The molecule has 2 heterocycles. The van der Waals surface area contributed by atoms with Crippen LogP contribution in [0, 0.1) is 0 Å². The van der Waals surface area contributed by atoms with Gasteiger partial charge in [-0.3, -0.25) is 0 Å². The number of benzene rings is 7. The van der Waals surface area contributed by atoms with Crippen LogP contribution in [0.4, 0.5) is 17.1 Å². The van der Waals surface area contributed by atoms with E-state index in [9.17, 15) is 0 Å². The van der Waals surface area contributed by atoms with Gasteiger partial charge in [0, 0.05) is 33.8 Å². The van der Waals surface area contributed by atoms with Crippen molar-refractivity contribution in [3.8, 4) is 34.0 Å². The third-order valence-electron chi connectivity index (χ3n) is 8.69. The highest BCUT2D eigenvalue weighted by molar-refractivity contribution is 6.00. The molecule has 0 aliphatic rings. The number of oxazole rings is 1. The average Bonchev–Trinajstić information content (AvgIpc) is 3.60. The second-order valence-electron chi connectivity index (χ2n) is 11.7. The molecule has 0 amide bonds. The van der Waals surface area contributed by atoms with Gasteiger partial charge in [0.2, 0.25) is 5.89 Å². The van der Waals surface area contributed by atoms with E-state index in [1.807, 2.05) is 54.6 Å². The monoisotopic (exact) mass is 616 g/mol. The predicted octanol–water partition coefficient (Wildman–Crippen LogP) is 11.4. The van der Waals surface area contributed by atoms with Crippen molar-refractivity contribution >= 4 is 50.0 Å². The summed E-state index contributed by atoms with van der Waals surface area (Å²) < 4.78 is 6.04. The molecule has 0 saturated heterocycles. The fourth-order valence-corrected chi connectivity index (χ4v) is 6.36. The maximum atomic E-state index is 6.04. The van der Waals surface area contributed by atoms with Crippen LogP contribution in [0.25, 0.3) is 66.9 Å². The molecule has 5 heteroatoms.